The highest BCUT2D eigenvalue weighted by Gasteiger charge is 2.27. The van der Waals surface area contributed by atoms with Crippen LogP contribution in [-0.4, -0.2) is 12.5 Å². The lowest BCUT2D eigenvalue weighted by molar-refractivity contribution is 0.904. The van der Waals surface area contributed by atoms with Gasteiger partial charge < -0.3 is 0 Å². The summed E-state index contributed by atoms with van der Waals surface area (Å²) in [5.41, 5.74) is 10.6. The molecule has 2 aromatic carbocycles. The molecule has 4 rings (SSSR count). The van der Waals surface area contributed by atoms with Gasteiger partial charge in [0.2, 0.25) is 0 Å². The Bertz CT molecular complexity index is 726. The molecule has 0 radical (unpaired) electrons. The molecule has 0 N–H and O–H groups in total. The van der Waals surface area contributed by atoms with E-state index in [2.05, 4.69) is 56.3 Å². The van der Waals surface area contributed by atoms with Crippen LogP contribution in [0.3, 0.4) is 0 Å². The molecule has 29 heavy (non-hydrogen) atoms. The van der Waals surface area contributed by atoms with Crippen LogP contribution in [0.1, 0.15) is 90.0 Å². The summed E-state index contributed by atoms with van der Waals surface area (Å²) in [6.45, 7) is 16.6. The van der Waals surface area contributed by atoms with Gasteiger partial charge in [-0.1, -0.05) is 96.5 Å². The van der Waals surface area contributed by atoms with Gasteiger partial charge in [-0.05, 0) is 72.1 Å². The van der Waals surface area contributed by atoms with Crippen molar-refractivity contribution in [3.63, 3.8) is 0 Å². The van der Waals surface area contributed by atoms with Gasteiger partial charge >= 0.3 is 0 Å². The van der Waals surface area contributed by atoms with Crippen LogP contribution in [0.4, 0.5) is 0 Å². The van der Waals surface area contributed by atoms with Crippen LogP contribution in [0.2, 0.25) is 0 Å². The van der Waals surface area contributed by atoms with Gasteiger partial charge in [0.25, 0.3) is 0 Å². The third kappa shape index (κ3) is 6.78. The van der Waals surface area contributed by atoms with E-state index >= 15 is 0 Å². The van der Waals surface area contributed by atoms with Gasteiger partial charge in [0, 0.05) is 5.92 Å². The Labute approximate surface area is 186 Å². The second-order valence-corrected chi connectivity index (χ2v) is 7.45. The monoisotopic (exact) mass is 412 g/mol. The molecule has 0 fully saturated rings. The fourth-order valence-electron chi connectivity index (χ4n) is 3.83. The van der Waals surface area contributed by atoms with Crippen LogP contribution in [0, 0.1) is 0 Å². The average Bonchev–Trinajstić information content (AvgIpc) is 3.36. The summed E-state index contributed by atoms with van der Waals surface area (Å²) in [5.74, 6) is 0.582. The Morgan fingerprint density at radius 3 is 1.97 bits per heavy atom. The number of aryl methyl sites for hydroxylation is 1. The zero-order chi connectivity index (χ0) is 22.4. The number of rotatable bonds is 1. The number of hydrogen-bond acceptors (Lipinski definition) is 1. The summed E-state index contributed by atoms with van der Waals surface area (Å²) in [6, 6.07) is 13.4. The molecule has 0 saturated carbocycles. The molecule has 162 valence electrons. The molecular weight excluding hydrogens is 368 g/mol. The van der Waals surface area contributed by atoms with Gasteiger partial charge in [0.05, 0.1) is 0 Å². The Kier molecular flexibility index (Phi) is 14.6. The van der Waals surface area contributed by atoms with E-state index in [-0.39, 0.29) is 0 Å². The van der Waals surface area contributed by atoms with E-state index < -0.39 is 0 Å². The molecule has 0 heterocycles. The maximum absolute atomic E-state index is 2.49. The number of benzene rings is 2. The first-order chi connectivity index (χ1) is 14.2. The van der Waals surface area contributed by atoms with Crippen molar-refractivity contribution < 1.29 is 0 Å². The van der Waals surface area contributed by atoms with E-state index in [1.165, 1.54) is 41.5 Å². The standard InChI is InChI=1S/C20H20.C2H6S.3C2H6/c1-13-11-19-18(14(13)2)12-16-9-6-10-17(16)20(19)15-7-4-3-5-8-15;1-3-2;3*1-2/h3-5,7-8,11-12,14H,6,9-10H2,1-2H3;1-2H3;3*1-2H3. The highest BCUT2D eigenvalue weighted by atomic mass is 32.2. The molecule has 1 unspecified atom stereocenters. The van der Waals surface area contributed by atoms with E-state index in [9.17, 15) is 0 Å². The molecule has 0 saturated heterocycles. The van der Waals surface area contributed by atoms with Crippen molar-refractivity contribution in [3.05, 3.63) is 64.2 Å². The molecule has 0 aliphatic heterocycles. The van der Waals surface area contributed by atoms with Crippen molar-refractivity contribution in [2.24, 2.45) is 0 Å². The quantitative estimate of drug-likeness (QED) is 0.449. The van der Waals surface area contributed by atoms with E-state index in [1.54, 1.807) is 28.5 Å². The third-order valence-corrected chi connectivity index (χ3v) is 5.06. The smallest absolute Gasteiger partial charge is 0.00266 e. The molecule has 0 nitrogen and oxygen atoms in total. The fourth-order valence-corrected chi connectivity index (χ4v) is 3.83. The maximum atomic E-state index is 2.49. The first-order valence-electron chi connectivity index (χ1n) is 11.5. The molecule has 0 bridgehead atoms. The molecule has 2 aliphatic rings. The predicted octanol–water partition coefficient (Wildman–Crippen LogP) is 9.42. The summed E-state index contributed by atoms with van der Waals surface area (Å²) in [7, 11) is 0. The molecule has 1 heteroatoms. The first kappa shape index (κ1) is 27.5. The SMILES string of the molecule is CC.CC.CC.CC1=Cc2c(cc3c(c2-c2ccccc2)CCC3)C1C.CSC. The molecule has 0 spiro atoms. The second kappa shape index (κ2) is 15.4. The van der Waals surface area contributed by atoms with Crippen LogP contribution in [0.5, 0.6) is 0 Å². The second-order valence-electron chi connectivity index (χ2n) is 6.63. The molecule has 2 aliphatic carbocycles. The van der Waals surface area contributed by atoms with Crippen LogP contribution in [0.25, 0.3) is 17.2 Å². The molecule has 0 amide bonds. The van der Waals surface area contributed by atoms with E-state index in [0.29, 0.717) is 5.92 Å². The third-order valence-electron chi connectivity index (χ3n) is 5.06. The van der Waals surface area contributed by atoms with Crippen molar-refractivity contribution in [2.75, 3.05) is 12.5 Å². The lowest BCUT2D eigenvalue weighted by atomic mass is 9.87. The van der Waals surface area contributed by atoms with Gasteiger partial charge in [-0.3, -0.25) is 0 Å². The molecule has 2 aromatic rings. The van der Waals surface area contributed by atoms with Crippen molar-refractivity contribution >= 4 is 17.8 Å². The number of hydrogen-bond donors (Lipinski definition) is 0. The minimum Gasteiger partial charge on any atom is -0.169 e. The van der Waals surface area contributed by atoms with Crippen molar-refractivity contribution in [1.29, 1.82) is 0 Å². The topological polar surface area (TPSA) is 0 Å². The molecular formula is C28H44S. The van der Waals surface area contributed by atoms with Crippen molar-refractivity contribution in [2.45, 2.75) is 80.6 Å². The van der Waals surface area contributed by atoms with Crippen LogP contribution >= 0.6 is 11.8 Å². The van der Waals surface area contributed by atoms with Crippen molar-refractivity contribution in [1.82, 2.24) is 0 Å². The Morgan fingerprint density at radius 2 is 1.41 bits per heavy atom. The van der Waals surface area contributed by atoms with Crippen molar-refractivity contribution in [3.8, 4) is 11.1 Å². The highest BCUT2D eigenvalue weighted by Crippen LogP contribution is 2.45. The zero-order valence-electron chi connectivity index (χ0n) is 20.6. The number of allylic oxidation sites excluding steroid dienone is 1. The molecule has 0 aromatic heterocycles. The lowest BCUT2D eigenvalue weighted by Gasteiger charge is -2.16. The first-order valence-corrected chi connectivity index (χ1v) is 13.1. The summed E-state index contributed by atoms with van der Waals surface area (Å²) < 4.78 is 0. The molecule has 1 atom stereocenters. The Balaban J connectivity index is 0.000000768. The summed E-state index contributed by atoms with van der Waals surface area (Å²) in [4.78, 5) is 0. The van der Waals surface area contributed by atoms with Gasteiger partial charge in [-0.25, -0.2) is 0 Å². The van der Waals surface area contributed by atoms with Crippen LogP contribution < -0.4 is 0 Å². The van der Waals surface area contributed by atoms with E-state index in [4.69, 9.17) is 0 Å². The van der Waals surface area contributed by atoms with Crippen LogP contribution in [0.15, 0.2) is 42.0 Å². The zero-order valence-corrected chi connectivity index (χ0v) is 21.5. The van der Waals surface area contributed by atoms with Gasteiger partial charge in [0.1, 0.15) is 0 Å². The largest absolute Gasteiger partial charge is 0.169 e. The Hall–Kier alpha value is -1.47. The van der Waals surface area contributed by atoms with Gasteiger partial charge in [-0.15, -0.1) is 0 Å². The predicted molar refractivity (Wildman–Crippen MR) is 139 cm³/mol. The summed E-state index contributed by atoms with van der Waals surface area (Å²) >= 11 is 1.75. The normalized spacial score (nSPS) is 14.8. The summed E-state index contributed by atoms with van der Waals surface area (Å²) in [6.07, 6.45) is 10.3. The van der Waals surface area contributed by atoms with Gasteiger partial charge in [0.15, 0.2) is 0 Å². The van der Waals surface area contributed by atoms with E-state index in [1.807, 2.05) is 54.1 Å². The number of thioether (sulfide) groups is 1. The number of fused-ring (bicyclic) bond motifs is 2. The lowest BCUT2D eigenvalue weighted by Crippen LogP contribution is -1.98. The average molecular weight is 413 g/mol. The van der Waals surface area contributed by atoms with Crippen LogP contribution in [-0.2, 0) is 12.8 Å². The van der Waals surface area contributed by atoms with Gasteiger partial charge in [-0.2, -0.15) is 11.8 Å². The highest BCUT2D eigenvalue weighted by molar-refractivity contribution is 7.97. The maximum Gasteiger partial charge on any atom is 0.00266 e. The van der Waals surface area contributed by atoms with E-state index in [0.717, 1.165) is 0 Å². The fraction of sp³-hybridized carbons (Fsp3) is 0.500. The summed E-state index contributed by atoms with van der Waals surface area (Å²) in [5, 5.41) is 0. The minimum absolute atomic E-state index is 0.582. The Morgan fingerprint density at radius 1 is 0.862 bits per heavy atom. The minimum atomic E-state index is 0.582.